The standard InChI is InChI=1S/C19H18FN3O/c1-12(21)18-16(13-7-9-14(20)10-8-13)11-17(24)23-19(18)22-15-5-3-2-4-6-15/h2-10,16H,11,21H2,1H3,(H,22,23,24)/t16-/m0/s1. The molecule has 0 aliphatic carbocycles. The monoisotopic (exact) mass is 323 g/mol. The zero-order valence-electron chi connectivity index (χ0n) is 13.3. The van der Waals surface area contributed by atoms with Gasteiger partial charge in [0.05, 0.1) is 5.69 Å². The number of nitrogens with zero attached hydrogens (tertiary/aromatic N) is 1. The smallest absolute Gasteiger partial charge is 0.226 e. The molecule has 5 heteroatoms. The van der Waals surface area contributed by atoms with Gasteiger partial charge in [-0.25, -0.2) is 9.38 Å². The molecule has 1 fully saturated rings. The van der Waals surface area contributed by atoms with Crippen molar-refractivity contribution in [2.45, 2.75) is 19.3 Å². The molecule has 0 aromatic heterocycles. The summed E-state index contributed by atoms with van der Waals surface area (Å²) in [4.78, 5) is 16.7. The molecule has 4 nitrogen and oxygen atoms in total. The molecular formula is C19H18FN3O. The topological polar surface area (TPSA) is 67.5 Å². The summed E-state index contributed by atoms with van der Waals surface area (Å²) in [7, 11) is 0. The lowest BCUT2D eigenvalue weighted by Crippen LogP contribution is -2.41. The number of piperidine rings is 1. The van der Waals surface area contributed by atoms with Crippen molar-refractivity contribution in [1.82, 2.24) is 5.32 Å². The maximum atomic E-state index is 13.2. The second-order valence-corrected chi connectivity index (χ2v) is 5.75. The fraction of sp³-hybridized carbons (Fsp3) is 0.158. The van der Waals surface area contributed by atoms with Gasteiger partial charge in [-0.3, -0.25) is 4.79 Å². The van der Waals surface area contributed by atoms with Gasteiger partial charge in [-0.15, -0.1) is 0 Å². The van der Waals surface area contributed by atoms with Gasteiger partial charge in [-0.05, 0) is 36.8 Å². The zero-order chi connectivity index (χ0) is 17.1. The Morgan fingerprint density at radius 2 is 1.83 bits per heavy atom. The van der Waals surface area contributed by atoms with Crippen molar-refractivity contribution in [3.05, 3.63) is 77.2 Å². The minimum absolute atomic E-state index is 0.135. The molecule has 0 unspecified atom stereocenters. The van der Waals surface area contributed by atoms with E-state index in [9.17, 15) is 9.18 Å². The Hall–Kier alpha value is -2.95. The average molecular weight is 323 g/mol. The van der Waals surface area contributed by atoms with Crippen LogP contribution in [0.15, 0.2) is 70.9 Å². The number of benzene rings is 2. The van der Waals surface area contributed by atoms with E-state index in [1.807, 2.05) is 30.3 Å². The van der Waals surface area contributed by atoms with Crippen LogP contribution in [0, 0.1) is 5.82 Å². The molecule has 2 aromatic carbocycles. The quantitative estimate of drug-likeness (QED) is 0.889. The number of hydrogen-bond acceptors (Lipinski definition) is 3. The van der Waals surface area contributed by atoms with E-state index in [0.717, 1.165) is 16.8 Å². The molecule has 1 heterocycles. The molecule has 3 rings (SSSR count). The number of rotatable bonds is 2. The summed E-state index contributed by atoms with van der Waals surface area (Å²) in [6, 6.07) is 15.5. The fourth-order valence-corrected chi connectivity index (χ4v) is 2.86. The normalized spacial score (nSPS) is 21.5. The molecule has 24 heavy (non-hydrogen) atoms. The number of aliphatic imine (C=N–C) groups is 1. The molecule has 0 bridgehead atoms. The van der Waals surface area contributed by atoms with Gasteiger partial charge in [0.15, 0.2) is 0 Å². The van der Waals surface area contributed by atoms with Crippen LogP contribution in [-0.4, -0.2) is 11.7 Å². The molecule has 3 N–H and O–H groups in total. The highest BCUT2D eigenvalue weighted by molar-refractivity contribution is 6.13. The summed E-state index contributed by atoms with van der Waals surface area (Å²) in [5.74, 6) is -0.241. The van der Waals surface area contributed by atoms with Crippen LogP contribution < -0.4 is 11.1 Å². The highest BCUT2D eigenvalue weighted by Gasteiger charge is 2.31. The van der Waals surface area contributed by atoms with E-state index in [1.165, 1.54) is 12.1 Å². The fourth-order valence-electron chi connectivity index (χ4n) is 2.86. The Bertz CT molecular complexity index is 806. The third-order valence-electron chi connectivity index (χ3n) is 3.95. The number of carbonyl (C=O) groups is 1. The number of nitrogens with one attached hydrogen (secondary N) is 1. The van der Waals surface area contributed by atoms with Gasteiger partial charge >= 0.3 is 0 Å². The predicted molar refractivity (Wildman–Crippen MR) is 92.3 cm³/mol. The molecular weight excluding hydrogens is 305 g/mol. The molecule has 0 spiro atoms. The Morgan fingerprint density at radius 3 is 2.46 bits per heavy atom. The van der Waals surface area contributed by atoms with Crippen molar-refractivity contribution in [2.75, 3.05) is 0 Å². The Morgan fingerprint density at radius 1 is 1.17 bits per heavy atom. The molecule has 1 saturated heterocycles. The SMILES string of the molecule is CC(N)=C1C(=Nc2ccccc2)NC(=O)C[C@H]1c1ccc(F)cc1. The van der Waals surface area contributed by atoms with Crippen LogP contribution in [0.4, 0.5) is 10.1 Å². The van der Waals surface area contributed by atoms with Gasteiger partial charge in [-0.2, -0.15) is 0 Å². The minimum Gasteiger partial charge on any atom is -0.402 e. The van der Waals surface area contributed by atoms with E-state index in [-0.39, 0.29) is 24.1 Å². The summed E-state index contributed by atoms with van der Waals surface area (Å²) < 4.78 is 13.2. The van der Waals surface area contributed by atoms with Gasteiger partial charge in [0.25, 0.3) is 0 Å². The first-order valence-electron chi connectivity index (χ1n) is 7.70. The highest BCUT2D eigenvalue weighted by Crippen LogP contribution is 2.33. The number of amidine groups is 1. The predicted octanol–water partition coefficient (Wildman–Crippen LogP) is 3.39. The van der Waals surface area contributed by atoms with Crippen LogP contribution in [0.5, 0.6) is 0 Å². The second kappa shape index (κ2) is 6.66. The lowest BCUT2D eigenvalue weighted by molar-refractivity contribution is -0.120. The largest absolute Gasteiger partial charge is 0.402 e. The molecule has 122 valence electrons. The van der Waals surface area contributed by atoms with Crippen LogP contribution >= 0.6 is 0 Å². The van der Waals surface area contributed by atoms with Crippen molar-refractivity contribution in [1.29, 1.82) is 0 Å². The summed E-state index contributed by atoms with van der Waals surface area (Å²) >= 11 is 0. The molecule has 0 radical (unpaired) electrons. The van der Waals surface area contributed by atoms with Gasteiger partial charge in [0, 0.05) is 23.6 Å². The highest BCUT2D eigenvalue weighted by atomic mass is 19.1. The molecule has 1 aliphatic rings. The zero-order valence-corrected chi connectivity index (χ0v) is 13.3. The van der Waals surface area contributed by atoms with E-state index in [2.05, 4.69) is 10.3 Å². The van der Waals surface area contributed by atoms with E-state index in [0.29, 0.717) is 11.5 Å². The van der Waals surface area contributed by atoms with Gasteiger partial charge in [0.2, 0.25) is 5.91 Å². The Balaban J connectivity index is 2.07. The number of nitrogens with two attached hydrogens (primary N) is 1. The van der Waals surface area contributed by atoms with Crippen molar-refractivity contribution < 1.29 is 9.18 Å². The maximum Gasteiger partial charge on any atom is 0.226 e. The summed E-state index contributed by atoms with van der Waals surface area (Å²) in [6.45, 7) is 1.78. The number of allylic oxidation sites excluding steroid dienone is 1. The lowest BCUT2D eigenvalue weighted by Gasteiger charge is -2.28. The first kappa shape index (κ1) is 15.9. The second-order valence-electron chi connectivity index (χ2n) is 5.75. The summed E-state index contributed by atoms with van der Waals surface area (Å²) in [6.07, 6.45) is 0.253. The molecule has 2 aromatic rings. The van der Waals surface area contributed by atoms with Crippen LogP contribution in [0.1, 0.15) is 24.8 Å². The Kier molecular flexibility index (Phi) is 4.42. The number of para-hydroxylation sites is 1. The number of halogens is 1. The number of amides is 1. The molecule has 1 aliphatic heterocycles. The number of carbonyl (C=O) groups excluding carboxylic acids is 1. The molecule has 0 saturated carbocycles. The number of hydrogen-bond donors (Lipinski definition) is 2. The average Bonchev–Trinajstić information content (AvgIpc) is 2.55. The maximum absolute atomic E-state index is 13.2. The van der Waals surface area contributed by atoms with Crippen LogP contribution in [0.2, 0.25) is 0 Å². The lowest BCUT2D eigenvalue weighted by atomic mass is 9.83. The van der Waals surface area contributed by atoms with E-state index in [4.69, 9.17) is 5.73 Å². The third kappa shape index (κ3) is 3.35. The van der Waals surface area contributed by atoms with Crippen molar-refractivity contribution in [3.63, 3.8) is 0 Å². The van der Waals surface area contributed by atoms with Crippen LogP contribution in [0.3, 0.4) is 0 Å². The van der Waals surface area contributed by atoms with E-state index >= 15 is 0 Å². The Labute approximate surface area is 139 Å². The van der Waals surface area contributed by atoms with Gasteiger partial charge in [0.1, 0.15) is 11.7 Å². The summed E-state index contributed by atoms with van der Waals surface area (Å²) in [5.41, 5.74) is 9.01. The van der Waals surface area contributed by atoms with E-state index < -0.39 is 0 Å². The van der Waals surface area contributed by atoms with Crippen molar-refractivity contribution >= 4 is 17.4 Å². The summed E-state index contributed by atoms with van der Waals surface area (Å²) in [5, 5.41) is 2.81. The first-order valence-corrected chi connectivity index (χ1v) is 7.70. The van der Waals surface area contributed by atoms with E-state index in [1.54, 1.807) is 19.1 Å². The third-order valence-corrected chi connectivity index (χ3v) is 3.95. The van der Waals surface area contributed by atoms with Gasteiger partial charge < -0.3 is 11.1 Å². The minimum atomic E-state index is -0.313. The molecule has 1 amide bonds. The van der Waals surface area contributed by atoms with Crippen molar-refractivity contribution in [3.8, 4) is 0 Å². The van der Waals surface area contributed by atoms with Crippen LogP contribution in [0.25, 0.3) is 0 Å². The molecule has 1 atom stereocenters. The first-order chi connectivity index (χ1) is 11.5. The van der Waals surface area contributed by atoms with Gasteiger partial charge in [-0.1, -0.05) is 30.3 Å². The van der Waals surface area contributed by atoms with Crippen LogP contribution in [-0.2, 0) is 4.79 Å². The van der Waals surface area contributed by atoms with Crippen molar-refractivity contribution in [2.24, 2.45) is 10.7 Å².